The molecule has 0 amide bonds. The summed E-state index contributed by atoms with van der Waals surface area (Å²) in [5, 5.41) is 0. The van der Waals surface area contributed by atoms with Gasteiger partial charge in [0.1, 0.15) is 0 Å². The highest BCUT2D eigenvalue weighted by molar-refractivity contribution is 7.85. The molecular formula is C6H9O4S. The predicted molar refractivity (Wildman–Crippen MR) is 40.5 cm³/mol. The fraction of sp³-hybridized carbons (Fsp3) is 0.500. The molecule has 0 aromatic heterocycles. The first kappa shape index (κ1) is 10.3. The number of allylic oxidation sites excluding steroid dienone is 1. The van der Waals surface area contributed by atoms with Crippen LogP contribution in [0.4, 0.5) is 0 Å². The molecule has 0 saturated heterocycles. The molecule has 0 saturated carbocycles. The Hall–Kier alpha value is -0.680. The molecular weight excluding hydrogens is 168 g/mol. The van der Waals surface area contributed by atoms with E-state index in [1.807, 2.05) is 0 Å². The first-order chi connectivity index (χ1) is 4.95. The zero-order chi connectivity index (χ0) is 8.91. The molecule has 0 rings (SSSR count). The molecule has 0 aliphatic carbocycles. The van der Waals surface area contributed by atoms with E-state index >= 15 is 0 Å². The summed E-state index contributed by atoms with van der Waals surface area (Å²) in [5.41, 5.74) is 0.216. The van der Waals surface area contributed by atoms with E-state index in [9.17, 15) is 13.2 Å². The summed E-state index contributed by atoms with van der Waals surface area (Å²) >= 11 is 0. The van der Waals surface area contributed by atoms with Gasteiger partial charge in [-0.25, -0.2) is 0 Å². The summed E-state index contributed by atoms with van der Waals surface area (Å²) < 4.78 is 28.5. The van der Waals surface area contributed by atoms with Gasteiger partial charge in [-0.2, -0.15) is 8.42 Å². The third-order valence-electron chi connectivity index (χ3n) is 1.03. The van der Waals surface area contributed by atoms with Gasteiger partial charge in [-0.05, 0) is 18.4 Å². The van der Waals surface area contributed by atoms with E-state index < -0.39 is 10.1 Å². The molecule has 1 N–H and O–H groups in total. The lowest BCUT2D eigenvalue weighted by atomic mass is 10.2. The van der Waals surface area contributed by atoms with E-state index in [1.165, 1.54) is 6.29 Å². The second kappa shape index (κ2) is 4.25. The Morgan fingerprint density at radius 1 is 1.55 bits per heavy atom. The molecule has 0 aliphatic rings. The van der Waals surface area contributed by atoms with Gasteiger partial charge in [0.15, 0.2) is 0 Å². The quantitative estimate of drug-likeness (QED) is 0.485. The fourth-order valence-electron chi connectivity index (χ4n) is 0.519. The van der Waals surface area contributed by atoms with Crippen LogP contribution in [-0.2, 0) is 14.9 Å². The van der Waals surface area contributed by atoms with Gasteiger partial charge < -0.3 is 0 Å². The highest BCUT2D eigenvalue weighted by Gasteiger charge is 2.03. The molecule has 0 atom stereocenters. The standard InChI is InChI=1S/C6H9O4S/c1-6(5-7)3-2-4-11(8,9)10/h1-4H2,(H,8,9,10). The molecule has 1 radical (unpaired) electrons. The molecule has 0 unspecified atom stereocenters. The van der Waals surface area contributed by atoms with Crippen molar-refractivity contribution in [3.8, 4) is 0 Å². The molecule has 11 heavy (non-hydrogen) atoms. The Morgan fingerprint density at radius 2 is 2.09 bits per heavy atom. The van der Waals surface area contributed by atoms with E-state index in [2.05, 4.69) is 6.58 Å². The largest absolute Gasteiger partial charge is 0.286 e. The normalized spacial score (nSPS) is 11.0. The predicted octanol–water partition coefficient (Wildman–Crippen LogP) is 0.320. The van der Waals surface area contributed by atoms with Crippen LogP contribution in [0.2, 0.25) is 0 Å². The zero-order valence-electron chi connectivity index (χ0n) is 5.91. The number of hydrogen-bond donors (Lipinski definition) is 1. The van der Waals surface area contributed by atoms with Crippen molar-refractivity contribution in [1.29, 1.82) is 0 Å². The minimum atomic E-state index is -3.90. The van der Waals surface area contributed by atoms with Crippen LogP contribution in [0.3, 0.4) is 0 Å². The van der Waals surface area contributed by atoms with Crippen LogP contribution < -0.4 is 0 Å². The molecule has 0 fully saturated rings. The maximum Gasteiger partial charge on any atom is 0.264 e. The lowest BCUT2D eigenvalue weighted by Crippen LogP contribution is -2.03. The summed E-state index contributed by atoms with van der Waals surface area (Å²) in [5.74, 6) is -0.340. The van der Waals surface area contributed by atoms with Crippen LogP contribution in [0.5, 0.6) is 0 Å². The van der Waals surface area contributed by atoms with E-state index in [4.69, 9.17) is 4.55 Å². The second-order valence-corrected chi connectivity index (χ2v) is 3.67. The van der Waals surface area contributed by atoms with Crippen molar-refractivity contribution in [3.63, 3.8) is 0 Å². The van der Waals surface area contributed by atoms with Crippen LogP contribution in [-0.4, -0.2) is 25.0 Å². The van der Waals surface area contributed by atoms with Gasteiger partial charge in [0.25, 0.3) is 10.1 Å². The Balaban J connectivity index is 3.59. The monoisotopic (exact) mass is 177 g/mol. The lowest BCUT2D eigenvalue weighted by molar-refractivity contribution is 0.481. The maximum atomic E-state index is 10.1. The van der Waals surface area contributed by atoms with E-state index in [-0.39, 0.29) is 24.2 Å². The van der Waals surface area contributed by atoms with Gasteiger partial charge in [0, 0.05) is 0 Å². The third kappa shape index (κ3) is 7.21. The van der Waals surface area contributed by atoms with Crippen LogP contribution in [0.1, 0.15) is 12.8 Å². The molecule has 5 heteroatoms. The Labute approximate surface area is 65.7 Å². The Kier molecular flexibility index (Phi) is 3.99. The van der Waals surface area contributed by atoms with Crippen molar-refractivity contribution in [2.45, 2.75) is 12.8 Å². The molecule has 0 bridgehead atoms. The second-order valence-electron chi connectivity index (χ2n) is 2.10. The summed E-state index contributed by atoms with van der Waals surface area (Å²) in [6, 6.07) is 0. The summed E-state index contributed by atoms with van der Waals surface area (Å²) in [4.78, 5) is 9.82. The highest BCUT2D eigenvalue weighted by atomic mass is 32.2. The zero-order valence-corrected chi connectivity index (χ0v) is 6.73. The number of carbonyl (C=O) groups excluding carboxylic acids is 1. The van der Waals surface area contributed by atoms with Crippen LogP contribution >= 0.6 is 0 Å². The van der Waals surface area contributed by atoms with Gasteiger partial charge in [0.05, 0.1) is 5.75 Å². The third-order valence-corrected chi connectivity index (χ3v) is 1.83. The molecule has 63 valence electrons. The van der Waals surface area contributed by atoms with Crippen molar-refractivity contribution in [3.05, 3.63) is 12.2 Å². The van der Waals surface area contributed by atoms with Crippen molar-refractivity contribution < 1.29 is 17.8 Å². The maximum absolute atomic E-state index is 10.1. The van der Waals surface area contributed by atoms with Gasteiger partial charge in [-0.15, -0.1) is 0 Å². The van der Waals surface area contributed by atoms with Crippen molar-refractivity contribution in [1.82, 2.24) is 0 Å². The SMILES string of the molecule is C=C([C]=O)CCCS(=O)(=O)O. The van der Waals surface area contributed by atoms with Gasteiger partial charge in [0.2, 0.25) is 6.29 Å². The lowest BCUT2D eigenvalue weighted by Gasteiger charge is -1.94. The van der Waals surface area contributed by atoms with Crippen LogP contribution in [0.25, 0.3) is 0 Å². The fourth-order valence-corrected chi connectivity index (χ4v) is 1.03. The van der Waals surface area contributed by atoms with E-state index in [1.54, 1.807) is 0 Å². The average Bonchev–Trinajstić information content (AvgIpc) is 1.85. The molecule has 0 heterocycles. The van der Waals surface area contributed by atoms with Gasteiger partial charge in [-0.3, -0.25) is 9.35 Å². The summed E-state index contributed by atoms with van der Waals surface area (Å²) in [7, 11) is -3.90. The summed E-state index contributed by atoms with van der Waals surface area (Å²) in [6.45, 7) is 3.29. The first-order valence-corrected chi connectivity index (χ1v) is 4.57. The Morgan fingerprint density at radius 3 is 2.45 bits per heavy atom. The average molecular weight is 177 g/mol. The molecule has 4 nitrogen and oxygen atoms in total. The molecule has 0 aromatic carbocycles. The number of hydrogen-bond acceptors (Lipinski definition) is 3. The van der Waals surface area contributed by atoms with E-state index in [0.29, 0.717) is 0 Å². The summed E-state index contributed by atoms with van der Waals surface area (Å²) in [6.07, 6.45) is 1.98. The number of rotatable bonds is 5. The van der Waals surface area contributed by atoms with E-state index in [0.717, 1.165) is 0 Å². The highest BCUT2D eigenvalue weighted by Crippen LogP contribution is 2.00. The van der Waals surface area contributed by atoms with Crippen molar-refractivity contribution in [2.75, 3.05) is 5.75 Å². The van der Waals surface area contributed by atoms with Gasteiger partial charge >= 0.3 is 0 Å². The van der Waals surface area contributed by atoms with Crippen LogP contribution in [0.15, 0.2) is 12.2 Å². The van der Waals surface area contributed by atoms with Crippen molar-refractivity contribution >= 4 is 16.4 Å². The smallest absolute Gasteiger partial charge is 0.264 e. The Bertz CT molecular complexity index is 239. The molecule has 0 spiro atoms. The van der Waals surface area contributed by atoms with Crippen LogP contribution in [0, 0.1) is 0 Å². The molecule has 0 aromatic rings. The molecule has 0 aliphatic heterocycles. The topological polar surface area (TPSA) is 71.4 Å². The minimum Gasteiger partial charge on any atom is -0.286 e. The van der Waals surface area contributed by atoms with Gasteiger partial charge in [-0.1, -0.05) is 6.58 Å². The minimum absolute atomic E-state index is 0.201. The van der Waals surface area contributed by atoms with Crippen molar-refractivity contribution in [2.24, 2.45) is 0 Å². The first-order valence-electron chi connectivity index (χ1n) is 2.97.